The highest BCUT2D eigenvalue weighted by molar-refractivity contribution is 5.95. The number of amides is 1. The molecule has 0 bridgehead atoms. The lowest BCUT2D eigenvalue weighted by Crippen LogP contribution is -2.40. The highest BCUT2D eigenvalue weighted by atomic mass is 16.4. The summed E-state index contributed by atoms with van der Waals surface area (Å²) in [5.41, 5.74) is 2.25. The van der Waals surface area contributed by atoms with Crippen LogP contribution in [0.5, 0.6) is 5.75 Å². The first-order valence-electron chi connectivity index (χ1n) is 8.05. The number of aromatic hydroxyl groups is 1. The van der Waals surface area contributed by atoms with Crippen molar-refractivity contribution in [3.8, 4) is 5.75 Å². The summed E-state index contributed by atoms with van der Waals surface area (Å²) in [7, 11) is 0. The molecule has 0 saturated carbocycles. The van der Waals surface area contributed by atoms with Crippen molar-refractivity contribution in [1.29, 1.82) is 0 Å². The minimum atomic E-state index is -1.09. The maximum atomic E-state index is 12.1. The smallest absolute Gasteiger partial charge is 0.321 e. The molecule has 1 atom stereocenters. The average Bonchev–Trinajstić information content (AvgIpc) is 2.58. The Morgan fingerprint density at radius 3 is 2.52 bits per heavy atom. The molecule has 1 unspecified atom stereocenters. The Balaban J connectivity index is 1.88. The monoisotopic (exact) mass is 342 g/mol. The number of rotatable bonds is 8. The van der Waals surface area contributed by atoms with Gasteiger partial charge in [0.25, 0.3) is 0 Å². The van der Waals surface area contributed by atoms with Crippen LogP contribution in [0, 0.1) is 6.92 Å². The van der Waals surface area contributed by atoms with Gasteiger partial charge in [-0.15, -0.1) is 0 Å². The van der Waals surface area contributed by atoms with Crippen LogP contribution in [0.2, 0.25) is 0 Å². The fourth-order valence-corrected chi connectivity index (χ4v) is 2.42. The molecule has 0 aliphatic carbocycles. The van der Waals surface area contributed by atoms with E-state index in [2.05, 4.69) is 10.6 Å². The first-order valence-corrected chi connectivity index (χ1v) is 8.05. The second-order valence-electron chi connectivity index (χ2n) is 5.85. The Morgan fingerprint density at radius 1 is 1.12 bits per heavy atom. The second-order valence-corrected chi connectivity index (χ2v) is 5.85. The SMILES string of the molecule is Cc1ccc(O)c(NC(=O)CC(NCCc2ccccc2)C(=O)O)c1. The van der Waals surface area contributed by atoms with Crippen LogP contribution in [0.4, 0.5) is 5.69 Å². The molecule has 0 spiro atoms. The highest BCUT2D eigenvalue weighted by Gasteiger charge is 2.21. The highest BCUT2D eigenvalue weighted by Crippen LogP contribution is 2.24. The predicted octanol–water partition coefficient (Wildman–Crippen LogP) is 2.31. The molecule has 2 aromatic carbocycles. The Morgan fingerprint density at radius 2 is 1.84 bits per heavy atom. The first-order chi connectivity index (χ1) is 12.0. The second kappa shape index (κ2) is 8.84. The van der Waals surface area contributed by atoms with Gasteiger partial charge in [-0.1, -0.05) is 36.4 Å². The summed E-state index contributed by atoms with van der Waals surface area (Å²) in [6.45, 7) is 2.28. The quantitative estimate of drug-likeness (QED) is 0.552. The van der Waals surface area contributed by atoms with E-state index in [-0.39, 0.29) is 17.9 Å². The van der Waals surface area contributed by atoms with Crippen LogP contribution in [0.25, 0.3) is 0 Å². The number of aliphatic carboxylic acids is 1. The third-order valence-corrected chi connectivity index (χ3v) is 3.76. The first kappa shape index (κ1) is 18.5. The number of phenols is 1. The fourth-order valence-electron chi connectivity index (χ4n) is 2.42. The summed E-state index contributed by atoms with van der Waals surface area (Å²) >= 11 is 0. The maximum Gasteiger partial charge on any atom is 0.321 e. The van der Waals surface area contributed by atoms with Crippen molar-refractivity contribution in [1.82, 2.24) is 5.32 Å². The van der Waals surface area contributed by atoms with E-state index >= 15 is 0 Å². The number of hydrogen-bond acceptors (Lipinski definition) is 4. The molecule has 0 radical (unpaired) electrons. The number of hydrogen-bond donors (Lipinski definition) is 4. The summed E-state index contributed by atoms with van der Waals surface area (Å²) in [6, 6.07) is 13.5. The molecule has 0 aromatic heterocycles. The van der Waals surface area contributed by atoms with E-state index in [1.165, 1.54) is 6.07 Å². The van der Waals surface area contributed by atoms with Gasteiger partial charge in [-0.2, -0.15) is 0 Å². The average molecular weight is 342 g/mol. The van der Waals surface area contributed by atoms with E-state index < -0.39 is 17.9 Å². The van der Waals surface area contributed by atoms with Crippen molar-refractivity contribution in [2.75, 3.05) is 11.9 Å². The Bertz CT molecular complexity index is 731. The molecule has 132 valence electrons. The third-order valence-electron chi connectivity index (χ3n) is 3.76. The molecule has 0 aliphatic rings. The van der Waals surface area contributed by atoms with Gasteiger partial charge >= 0.3 is 5.97 Å². The summed E-state index contributed by atoms with van der Waals surface area (Å²) in [5, 5.41) is 24.5. The Kier molecular flexibility index (Phi) is 6.54. The number of carbonyl (C=O) groups is 2. The van der Waals surface area contributed by atoms with Crippen molar-refractivity contribution in [3.05, 3.63) is 59.7 Å². The molecule has 0 saturated heterocycles. The van der Waals surface area contributed by atoms with Gasteiger partial charge in [-0.05, 0) is 43.1 Å². The van der Waals surface area contributed by atoms with Gasteiger partial charge in [0, 0.05) is 0 Å². The summed E-state index contributed by atoms with van der Waals surface area (Å²) < 4.78 is 0. The van der Waals surface area contributed by atoms with Crippen molar-refractivity contribution in [2.45, 2.75) is 25.8 Å². The number of carboxylic acid groups (broad SMARTS) is 1. The van der Waals surface area contributed by atoms with Gasteiger partial charge in [-0.25, -0.2) is 0 Å². The number of aryl methyl sites for hydroxylation is 1. The molecule has 2 aromatic rings. The van der Waals surface area contributed by atoms with Crippen molar-refractivity contribution < 1.29 is 19.8 Å². The number of anilines is 1. The van der Waals surface area contributed by atoms with E-state index in [4.69, 9.17) is 0 Å². The molecule has 2 rings (SSSR count). The van der Waals surface area contributed by atoms with Crippen molar-refractivity contribution in [2.24, 2.45) is 0 Å². The van der Waals surface area contributed by atoms with Gasteiger partial charge in [0.15, 0.2) is 0 Å². The van der Waals surface area contributed by atoms with Gasteiger partial charge in [-0.3, -0.25) is 9.59 Å². The number of carboxylic acids is 1. The fraction of sp³-hybridized carbons (Fsp3) is 0.263. The predicted molar refractivity (Wildman–Crippen MR) is 95.7 cm³/mol. The van der Waals surface area contributed by atoms with Crippen LogP contribution in [0.3, 0.4) is 0 Å². The summed E-state index contributed by atoms with van der Waals surface area (Å²) in [6.07, 6.45) is 0.447. The Labute approximate surface area is 146 Å². The molecule has 0 heterocycles. The molecule has 0 aliphatic heterocycles. The van der Waals surface area contributed by atoms with E-state index in [0.717, 1.165) is 11.1 Å². The third kappa shape index (κ3) is 5.93. The minimum absolute atomic E-state index is 0.0529. The molecular weight excluding hydrogens is 320 g/mol. The lowest BCUT2D eigenvalue weighted by atomic mass is 10.1. The maximum absolute atomic E-state index is 12.1. The Hall–Kier alpha value is -2.86. The number of phenolic OH excluding ortho intramolecular Hbond substituents is 1. The van der Waals surface area contributed by atoms with E-state index in [1.54, 1.807) is 12.1 Å². The zero-order chi connectivity index (χ0) is 18.2. The van der Waals surface area contributed by atoms with Crippen LogP contribution in [0.1, 0.15) is 17.5 Å². The van der Waals surface area contributed by atoms with Crippen LogP contribution >= 0.6 is 0 Å². The number of benzene rings is 2. The topological polar surface area (TPSA) is 98.7 Å². The van der Waals surface area contributed by atoms with Crippen LogP contribution < -0.4 is 10.6 Å². The zero-order valence-corrected chi connectivity index (χ0v) is 14.0. The van der Waals surface area contributed by atoms with Gasteiger partial charge in [0.05, 0.1) is 12.1 Å². The lowest BCUT2D eigenvalue weighted by molar-refractivity contribution is -0.141. The van der Waals surface area contributed by atoms with Crippen LogP contribution in [-0.2, 0) is 16.0 Å². The van der Waals surface area contributed by atoms with E-state index in [1.807, 2.05) is 37.3 Å². The largest absolute Gasteiger partial charge is 0.506 e. The molecule has 4 N–H and O–H groups in total. The number of nitrogens with one attached hydrogen (secondary N) is 2. The van der Waals surface area contributed by atoms with Gasteiger partial charge in [0.1, 0.15) is 11.8 Å². The number of carbonyl (C=O) groups excluding carboxylic acids is 1. The summed E-state index contributed by atoms with van der Waals surface area (Å²) in [5.74, 6) is -1.61. The van der Waals surface area contributed by atoms with Crippen LogP contribution in [-0.4, -0.2) is 34.7 Å². The van der Waals surface area contributed by atoms with Crippen molar-refractivity contribution in [3.63, 3.8) is 0 Å². The van der Waals surface area contributed by atoms with Crippen LogP contribution in [0.15, 0.2) is 48.5 Å². The summed E-state index contributed by atoms with van der Waals surface area (Å²) in [4.78, 5) is 23.5. The standard InChI is InChI=1S/C19H22N2O4/c1-13-7-8-17(22)15(11-13)21-18(23)12-16(19(24)25)20-10-9-14-5-3-2-4-6-14/h2-8,11,16,20,22H,9-10,12H2,1H3,(H,21,23)(H,24,25). The normalized spacial score (nSPS) is 11.7. The zero-order valence-electron chi connectivity index (χ0n) is 14.0. The van der Waals surface area contributed by atoms with E-state index in [0.29, 0.717) is 13.0 Å². The minimum Gasteiger partial charge on any atom is -0.506 e. The van der Waals surface area contributed by atoms with Gasteiger partial charge < -0.3 is 20.8 Å². The van der Waals surface area contributed by atoms with Gasteiger partial charge in [0.2, 0.25) is 5.91 Å². The van der Waals surface area contributed by atoms with E-state index in [9.17, 15) is 19.8 Å². The molecule has 0 fully saturated rings. The molecule has 6 nitrogen and oxygen atoms in total. The lowest BCUT2D eigenvalue weighted by Gasteiger charge is -2.15. The molecular formula is C19H22N2O4. The van der Waals surface area contributed by atoms with Crippen molar-refractivity contribution >= 4 is 17.6 Å². The molecule has 6 heteroatoms. The molecule has 1 amide bonds. The molecule has 25 heavy (non-hydrogen) atoms.